The van der Waals surface area contributed by atoms with Crippen molar-refractivity contribution in [2.75, 3.05) is 26.2 Å². The van der Waals surface area contributed by atoms with E-state index in [0.717, 1.165) is 4.90 Å². The number of ether oxygens (including phenoxy) is 3. The van der Waals surface area contributed by atoms with Crippen molar-refractivity contribution in [1.82, 2.24) is 4.90 Å². The van der Waals surface area contributed by atoms with Crippen LogP contribution in [0.25, 0.3) is 0 Å². The van der Waals surface area contributed by atoms with Crippen LogP contribution in [0.4, 0.5) is 5.69 Å². The van der Waals surface area contributed by atoms with Crippen LogP contribution in [0, 0.1) is 17.8 Å². The summed E-state index contributed by atoms with van der Waals surface area (Å²) in [7, 11) is 4.30. The summed E-state index contributed by atoms with van der Waals surface area (Å²) in [6, 6.07) is 16.7. The number of amides is 3. The van der Waals surface area contributed by atoms with Gasteiger partial charge in [0.05, 0.1) is 49.6 Å². The summed E-state index contributed by atoms with van der Waals surface area (Å²) in [5.41, 5.74) is -0.242. The highest BCUT2D eigenvalue weighted by atomic mass is 16.5. The third kappa shape index (κ3) is 5.42. The van der Waals surface area contributed by atoms with E-state index in [1.807, 2.05) is 13.0 Å². The van der Waals surface area contributed by atoms with Crippen molar-refractivity contribution in [2.45, 2.75) is 53.6 Å². The van der Waals surface area contributed by atoms with Crippen LogP contribution in [0.1, 0.15) is 72.5 Å². The number of carbonyl (C=O) groups is 4. The molecule has 1 aliphatic heterocycles. The number of hydrogen-bond donors (Lipinski definition) is 0. The fraction of sp³-hybridized carbons (Fsp3) is 0.371. The fourth-order valence-electron chi connectivity index (χ4n) is 6.03. The zero-order chi connectivity index (χ0) is 32.6. The lowest BCUT2D eigenvalue weighted by atomic mass is 9.77. The Morgan fingerprint density at radius 1 is 0.750 bits per heavy atom. The summed E-state index contributed by atoms with van der Waals surface area (Å²) in [6.07, 6.45) is 0. The Bertz CT molecular complexity index is 1570. The highest BCUT2D eigenvalue weighted by molar-refractivity contribution is 6.23. The van der Waals surface area contributed by atoms with E-state index in [4.69, 9.17) is 14.2 Å². The van der Waals surface area contributed by atoms with Crippen molar-refractivity contribution in [3.05, 3.63) is 89.0 Å². The van der Waals surface area contributed by atoms with Gasteiger partial charge in [0.1, 0.15) is 17.5 Å². The van der Waals surface area contributed by atoms with Gasteiger partial charge in [-0.2, -0.15) is 0 Å². The Hall–Kier alpha value is -4.66. The summed E-state index contributed by atoms with van der Waals surface area (Å²) >= 11 is 0. The zero-order valence-corrected chi connectivity index (χ0v) is 26.8. The van der Waals surface area contributed by atoms with Crippen LogP contribution < -0.4 is 14.4 Å². The average molecular weight is 601 g/mol. The van der Waals surface area contributed by atoms with Crippen LogP contribution in [-0.2, 0) is 14.3 Å². The van der Waals surface area contributed by atoms with Gasteiger partial charge >= 0.3 is 5.97 Å². The van der Waals surface area contributed by atoms with Gasteiger partial charge in [0.15, 0.2) is 0 Å². The van der Waals surface area contributed by atoms with Crippen LogP contribution in [0.5, 0.6) is 11.5 Å². The summed E-state index contributed by atoms with van der Waals surface area (Å²) in [5, 5.41) is 0. The molecule has 0 N–H and O–H groups in total. The minimum absolute atomic E-state index is 0.232. The molecule has 232 valence electrons. The second-order valence-electron chi connectivity index (χ2n) is 12.5. The number of para-hydroxylation sites is 2. The molecule has 0 fully saturated rings. The van der Waals surface area contributed by atoms with Gasteiger partial charge < -0.3 is 14.2 Å². The van der Waals surface area contributed by atoms with E-state index in [0.29, 0.717) is 28.3 Å². The molecule has 2 atom stereocenters. The van der Waals surface area contributed by atoms with Gasteiger partial charge in [-0.1, -0.05) is 63.2 Å². The Balaban J connectivity index is 2.09. The van der Waals surface area contributed by atoms with E-state index in [1.165, 1.54) is 26.2 Å². The number of aryl methyl sites for hydroxylation is 1. The van der Waals surface area contributed by atoms with Crippen molar-refractivity contribution in [1.29, 1.82) is 0 Å². The molecular weight excluding hydrogens is 560 g/mol. The number of esters is 1. The van der Waals surface area contributed by atoms with Gasteiger partial charge in [-0.3, -0.25) is 29.0 Å². The maximum atomic E-state index is 15.4. The van der Waals surface area contributed by atoms with Crippen LogP contribution in [0.2, 0.25) is 0 Å². The Labute approximate surface area is 258 Å². The summed E-state index contributed by atoms with van der Waals surface area (Å²) < 4.78 is 16.8. The molecule has 0 aromatic heterocycles. The smallest absolute Gasteiger partial charge is 0.313 e. The molecule has 44 heavy (non-hydrogen) atoms. The molecule has 3 aromatic carbocycles. The number of methoxy groups -OCH3 is 3. The number of rotatable bonds is 9. The first-order valence-corrected chi connectivity index (χ1v) is 14.4. The maximum absolute atomic E-state index is 15.4. The number of fused-ring (bicyclic) bond motifs is 1. The number of hydrogen-bond acceptors (Lipinski definition) is 7. The number of benzene rings is 3. The van der Waals surface area contributed by atoms with Crippen LogP contribution in [-0.4, -0.2) is 56.0 Å². The molecule has 0 radical (unpaired) electrons. The van der Waals surface area contributed by atoms with Crippen LogP contribution in [0.15, 0.2) is 66.7 Å². The predicted molar refractivity (Wildman–Crippen MR) is 167 cm³/mol. The lowest BCUT2D eigenvalue weighted by molar-refractivity contribution is -0.152. The van der Waals surface area contributed by atoms with Gasteiger partial charge in [-0.25, -0.2) is 0 Å². The second kappa shape index (κ2) is 12.1. The minimum Gasteiger partial charge on any atom is -0.496 e. The van der Waals surface area contributed by atoms with Crippen molar-refractivity contribution in [2.24, 2.45) is 10.8 Å². The van der Waals surface area contributed by atoms with Gasteiger partial charge in [-0.05, 0) is 56.0 Å². The highest BCUT2D eigenvalue weighted by Gasteiger charge is 2.53. The number of imide groups is 1. The fourth-order valence-corrected chi connectivity index (χ4v) is 6.03. The molecule has 3 amide bonds. The molecule has 4 rings (SSSR count). The Morgan fingerprint density at radius 3 is 1.80 bits per heavy atom. The molecule has 1 aliphatic rings. The molecule has 0 bridgehead atoms. The van der Waals surface area contributed by atoms with Gasteiger partial charge in [0, 0.05) is 5.56 Å². The summed E-state index contributed by atoms with van der Waals surface area (Å²) in [4.78, 5) is 59.3. The topological polar surface area (TPSA) is 102 Å². The zero-order valence-electron chi connectivity index (χ0n) is 26.8. The molecule has 9 heteroatoms. The number of anilines is 1. The first kappa shape index (κ1) is 32.3. The Kier molecular flexibility index (Phi) is 8.91. The van der Waals surface area contributed by atoms with Crippen molar-refractivity contribution in [3.8, 4) is 11.5 Å². The van der Waals surface area contributed by atoms with E-state index in [9.17, 15) is 14.4 Å². The molecule has 9 nitrogen and oxygen atoms in total. The maximum Gasteiger partial charge on any atom is 0.313 e. The monoisotopic (exact) mass is 600 g/mol. The van der Waals surface area contributed by atoms with Crippen molar-refractivity contribution < 1.29 is 33.4 Å². The van der Waals surface area contributed by atoms with Crippen LogP contribution in [0.3, 0.4) is 0 Å². The molecule has 0 saturated carbocycles. The van der Waals surface area contributed by atoms with Crippen molar-refractivity contribution in [3.63, 3.8) is 0 Å². The van der Waals surface area contributed by atoms with Gasteiger partial charge in [0.2, 0.25) is 0 Å². The molecule has 1 heterocycles. The molecule has 0 spiro atoms. The summed E-state index contributed by atoms with van der Waals surface area (Å²) in [6.45, 7) is 10.6. The first-order valence-electron chi connectivity index (χ1n) is 14.4. The van der Waals surface area contributed by atoms with E-state index >= 15 is 4.79 Å². The normalized spacial score (nSPS) is 14.5. The third-order valence-electron chi connectivity index (χ3n) is 8.12. The largest absolute Gasteiger partial charge is 0.496 e. The van der Waals surface area contributed by atoms with Gasteiger partial charge in [-0.15, -0.1) is 0 Å². The van der Waals surface area contributed by atoms with Gasteiger partial charge in [0.25, 0.3) is 17.7 Å². The van der Waals surface area contributed by atoms with Crippen molar-refractivity contribution >= 4 is 29.4 Å². The molecule has 0 unspecified atom stereocenters. The lowest BCUT2D eigenvalue weighted by Gasteiger charge is -2.46. The second-order valence-corrected chi connectivity index (χ2v) is 12.5. The third-order valence-corrected chi connectivity index (χ3v) is 8.12. The average Bonchev–Trinajstić information content (AvgIpc) is 3.24. The van der Waals surface area contributed by atoms with Crippen LogP contribution >= 0.6 is 0 Å². The standard InChI is InChI=1S/C35H40N2O7/c1-21-15-14-20-26(43-8)27(21)36(28(35(5,6)33(41)44-9)24-18-12-13-19-25(24)42-7)32(40)29(34(2,3)4)37-30(38)22-16-10-11-17-23(22)31(37)39/h10-20,28-29H,1-9H3/t28-,29+/m0/s1. The molecule has 3 aromatic rings. The Morgan fingerprint density at radius 2 is 1.27 bits per heavy atom. The van der Waals surface area contributed by atoms with E-state index in [2.05, 4.69) is 0 Å². The predicted octanol–water partition coefficient (Wildman–Crippen LogP) is 6.00. The summed E-state index contributed by atoms with van der Waals surface area (Å²) in [5.74, 6) is -1.46. The number of carbonyl (C=O) groups excluding carboxylic acids is 4. The molecular formula is C35H40N2O7. The number of nitrogens with zero attached hydrogens (tertiary/aromatic N) is 2. The molecule has 0 saturated heterocycles. The SMILES string of the molecule is COC(=O)C(C)(C)[C@H](c1ccccc1OC)N(C(=O)[C@@H](N1C(=O)c2ccccc2C1=O)C(C)(C)C)c1c(C)cccc1OC. The molecule has 0 aliphatic carbocycles. The van der Waals surface area contributed by atoms with E-state index in [1.54, 1.807) is 95.3 Å². The van der Waals surface area contributed by atoms with E-state index in [-0.39, 0.29) is 11.1 Å². The van der Waals surface area contributed by atoms with E-state index < -0.39 is 46.6 Å². The first-order chi connectivity index (χ1) is 20.7. The minimum atomic E-state index is -1.36. The lowest BCUT2D eigenvalue weighted by Crippen LogP contribution is -2.59. The highest BCUT2D eigenvalue weighted by Crippen LogP contribution is 2.49. The quantitative estimate of drug-likeness (QED) is 0.219.